The maximum Gasteiger partial charge on any atom is 0.410 e. The average molecular weight is 563 g/mol. The highest BCUT2D eigenvalue weighted by Gasteiger charge is 2.38. The van der Waals surface area contributed by atoms with Gasteiger partial charge in [-0.1, -0.05) is 91.0 Å². The van der Waals surface area contributed by atoms with Crippen LogP contribution in [0.3, 0.4) is 0 Å². The molecule has 3 aromatic carbocycles. The maximum absolute atomic E-state index is 12.9. The molecular weight excluding hydrogens is 520 g/mol. The first kappa shape index (κ1) is 30.1. The maximum atomic E-state index is 12.9. The van der Waals surface area contributed by atoms with Crippen molar-refractivity contribution in [3.8, 4) is 0 Å². The molecule has 5 rings (SSSR count). The number of hydrogen-bond donors (Lipinski definition) is 0. The van der Waals surface area contributed by atoms with Crippen LogP contribution in [0.5, 0.6) is 0 Å². The zero-order valence-corrected chi connectivity index (χ0v) is 24.4. The number of carbonyl (C=O) groups is 1. The summed E-state index contributed by atoms with van der Waals surface area (Å²) in [6, 6.07) is 31.6. The fourth-order valence-corrected chi connectivity index (χ4v) is 6.39. The van der Waals surface area contributed by atoms with Crippen molar-refractivity contribution in [3.63, 3.8) is 0 Å². The van der Waals surface area contributed by atoms with E-state index in [1.165, 1.54) is 11.1 Å². The molecule has 3 unspecified atom stereocenters. The summed E-state index contributed by atoms with van der Waals surface area (Å²) in [6.07, 6.45) is 4.25. The molecular formula is C34H43ClN2O3. The van der Waals surface area contributed by atoms with Gasteiger partial charge in [0.1, 0.15) is 6.61 Å². The number of amides is 1. The van der Waals surface area contributed by atoms with Gasteiger partial charge in [-0.15, -0.1) is 12.4 Å². The van der Waals surface area contributed by atoms with E-state index in [2.05, 4.69) is 72.5 Å². The molecule has 0 aromatic heterocycles. The van der Waals surface area contributed by atoms with Gasteiger partial charge in [-0.3, -0.25) is 0 Å². The minimum absolute atomic E-state index is 0. The van der Waals surface area contributed by atoms with Gasteiger partial charge in [-0.05, 0) is 61.1 Å². The molecule has 2 aliphatic rings. The molecule has 3 aromatic rings. The molecule has 0 bridgehead atoms. The van der Waals surface area contributed by atoms with Crippen molar-refractivity contribution in [2.75, 3.05) is 26.2 Å². The molecule has 0 N–H and O–H groups in total. The van der Waals surface area contributed by atoms with Crippen molar-refractivity contribution in [1.29, 1.82) is 0 Å². The van der Waals surface area contributed by atoms with Crippen LogP contribution >= 0.6 is 12.4 Å². The smallest absolute Gasteiger partial charge is 0.410 e. The Bertz CT molecular complexity index is 1140. The molecule has 3 atom stereocenters. The Balaban J connectivity index is 0.00000370. The predicted molar refractivity (Wildman–Crippen MR) is 163 cm³/mol. The average Bonchev–Trinajstić information content (AvgIpc) is 3.40. The summed E-state index contributed by atoms with van der Waals surface area (Å²) in [6.45, 7) is 6.85. The Hall–Kier alpha value is -2.86. The van der Waals surface area contributed by atoms with Crippen LogP contribution in [0.15, 0.2) is 91.0 Å². The second-order valence-corrected chi connectivity index (χ2v) is 11.0. The highest BCUT2D eigenvalue weighted by atomic mass is 35.5. The van der Waals surface area contributed by atoms with Gasteiger partial charge in [0.15, 0.2) is 0 Å². The van der Waals surface area contributed by atoms with Crippen LogP contribution in [0.25, 0.3) is 0 Å². The van der Waals surface area contributed by atoms with E-state index in [9.17, 15) is 4.79 Å². The van der Waals surface area contributed by atoms with Crippen LogP contribution in [-0.4, -0.2) is 54.2 Å². The van der Waals surface area contributed by atoms with Crippen molar-refractivity contribution in [1.82, 2.24) is 9.80 Å². The number of halogens is 1. The van der Waals surface area contributed by atoms with Crippen molar-refractivity contribution < 1.29 is 14.3 Å². The van der Waals surface area contributed by atoms with E-state index in [0.717, 1.165) is 50.9 Å². The lowest BCUT2D eigenvalue weighted by molar-refractivity contribution is 0.0392. The number of carbonyl (C=O) groups excluding carboxylic acids is 1. The van der Waals surface area contributed by atoms with Crippen molar-refractivity contribution in [2.24, 2.45) is 5.92 Å². The third kappa shape index (κ3) is 8.09. The van der Waals surface area contributed by atoms with Gasteiger partial charge in [0.25, 0.3) is 0 Å². The normalized spacial score (nSPS) is 21.5. The number of benzene rings is 3. The van der Waals surface area contributed by atoms with Gasteiger partial charge in [-0.2, -0.15) is 0 Å². The Kier molecular flexibility index (Phi) is 11.5. The fourth-order valence-electron chi connectivity index (χ4n) is 6.39. The van der Waals surface area contributed by atoms with Crippen LogP contribution in [0.1, 0.15) is 55.2 Å². The minimum atomic E-state index is -0.196. The Labute approximate surface area is 245 Å². The lowest BCUT2D eigenvalue weighted by atomic mass is 9.88. The van der Waals surface area contributed by atoms with Crippen molar-refractivity contribution in [2.45, 2.75) is 63.9 Å². The third-order valence-electron chi connectivity index (χ3n) is 8.48. The summed E-state index contributed by atoms with van der Waals surface area (Å²) in [5, 5.41) is 0. The summed E-state index contributed by atoms with van der Waals surface area (Å²) in [5.41, 5.74) is 3.69. The minimum Gasteiger partial charge on any atom is -0.445 e. The lowest BCUT2D eigenvalue weighted by Crippen LogP contribution is -2.48. The van der Waals surface area contributed by atoms with Crippen molar-refractivity contribution >= 4 is 18.5 Å². The number of nitrogens with zero attached hydrogens (tertiary/aromatic N) is 2. The first-order valence-electron chi connectivity index (χ1n) is 14.6. The van der Waals surface area contributed by atoms with E-state index >= 15 is 0 Å². The number of likely N-dealkylation sites (tertiary alicyclic amines) is 1. The van der Waals surface area contributed by atoms with Gasteiger partial charge in [0.2, 0.25) is 0 Å². The summed E-state index contributed by atoms with van der Waals surface area (Å²) in [7, 11) is 0. The van der Waals surface area contributed by atoms with E-state index in [1.54, 1.807) is 0 Å². The van der Waals surface area contributed by atoms with E-state index in [0.29, 0.717) is 31.6 Å². The topological polar surface area (TPSA) is 42.0 Å². The molecule has 214 valence electrons. The quantitative estimate of drug-likeness (QED) is 0.260. The predicted octanol–water partition coefficient (Wildman–Crippen LogP) is 7.31. The van der Waals surface area contributed by atoms with Crippen LogP contribution in [0.4, 0.5) is 4.79 Å². The second kappa shape index (κ2) is 15.2. The fraction of sp³-hybridized carbons (Fsp3) is 0.441. The van der Waals surface area contributed by atoms with Crippen LogP contribution in [-0.2, 0) is 22.7 Å². The summed E-state index contributed by atoms with van der Waals surface area (Å²) in [4.78, 5) is 17.4. The molecule has 40 heavy (non-hydrogen) atoms. The highest BCUT2D eigenvalue weighted by molar-refractivity contribution is 5.85. The molecule has 1 saturated heterocycles. The summed E-state index contributed by atoms with van der Waals surface area (Å²) in [5.74, 6) is 1.09. The Morgan fingerprint density at radius 3 is 2.00 bits per heavy atom. The zero-order valence-electron chi connectivity index (χ0n) is 23.6. The monoisotopic (exact) mass is 562 g/mol. The zero-order chi connectivity index (χ0) is 26.9. The van der Waals surface area contributed by atoms with E-state index in [-0.39, 0.29) is 30.6 Å². The molecule has 0 spiro atoms. The van der Waals surface area contributed by atoms with E-state index in [1.807, 2.05) is 35.2 Å². The standard InChI is InChI=1S/C34H42N2O3.ClH/c1-2-36(34(37)39-26-28-14-8-4-9-15-28)31-18-20-35(21-19-31)24-30-22-32(38-25-27-12-6-3-7-13-27)23-33(30)29-16-10-5-11-17-29;/h3-17,30-33H,2,18-26H2,1H3;1H. The molecule has 5 nitrogen and oxygen atoms in total. The van der Waals surface area contributed by atoms with E-state index in [4.69, 9.17) is 9.47 Å². The van der Waals surface area contributed by atoms with Crippen LogP contribution in [0.2, 0.25) is 0 Å². The molecule has 1 heterocycles. The molecule has 6 heteroatoms. The van der Waals surface area contributed by atoms with Gasteiger partial charge in [0.05, 0.1) is 12.7 Å². The first-order valence-corrected chi connectivity index (χ1v) is 14.6. The molecule has 1 aliphatic heterocycles. The summed E-state index contributed by atoms with van der Waals surface area (Å²) < 4.78 is 12.1. The third-order valence-corrected chi connectivity index (χ3v) is 8.48. The first-order chi connectivity index (χ1) is 19.2. The number of rotatable bonds is 10. The SMILES string of the molecule is CCN(C(=O)OCc1ccccc1)C1CCN(CC2CC(OCc3ccccc3)CC2c2ccccc2)CC1.Cl. The van der Waals surface area contributed by atoms with Crippen LogP contribution < -0.4 is 0 Å². The van der Waals surface area contributed by atoms with Gasteiger partial charge in [-0.25, -0.2) is 4.79 Å². The second-order valence-electron chi connectivity index (χ2n) is 11.0. The molecule has 2 fully saturated rings. The largest absolute Gasteiger partial charge is 0.445 e. The Morgan fingerprint density at radius 2 is 1.40 bits per heavy atom. The van der Waals surface area contributed by atoms with E-state index < -0.39 is 0 Å². The molecule has 1 amide bonds. The molecule has 1 saturated carbocycles. The Morgan fingerprint density at radius 1 is 0.825 bits per heavy atom. The van der Waals surface area contributed by atoms with Gasteiger partial charge in [0, 0.05) is 32.2 Å². The number of piperidine rings is 1. The lowest BCUT2D eigenvalue weighted by Gasteiger charge is -2.39. The van der Waals surface area contributed by atoms with Gasteiger partial charge >= 0.3 is 6.09 Å². The highest BCUT2D eigenvalue weighted by Crippen LogP contribution is 2.42. The van der Waals surface area contributed by atoms with Crippen molar-refractivity contribution in [3.05, 3.63) is 108 Å². The van der Waals surface area contributed by atoms with Crippen LogP contribution in [0, 0.1) is 5.92 Å². The molecule has 0 radical (unpaired) electrons. The molecule has 1 aliphatic carbocycles. The number of hydrogen-bond acceptors (Lipinski definition) is 4. The summed E-state index contributed by atoms with van der Waals surface area (Å²) >= 11 is 0. The van der Waals surface area contributed by atoms with Gasteiger partial charge < -0.3 is 19.3 Å². The number of ether oxygens (including phenoxy) is 2.